The van der Waals surface area contributed by atoms with Gasteiger partial charge in [0.15, 0.2) is 0 Å². The van der Waals surface area contributed by atoms with E-state index < -0.39 is 22.6 Å². The molecule has 1 spiro atoms. The van der Waals surface area contributed by atoms with Crippen molar-refractivity contribution < 1.29 is 19.5 Å². The first-order chi connectivity index (χ1) is 14.9. The van der Waals surface area contributed by atoms with Crippen LogP contribution in [-0.4, -0.2) is 63.5 Å². The van der Waals surface area contributed by atoms with Gasteiger partial charge in [0.05, 0.1) is 16.6 Å². The molecule has 2 bridgehead atoms. The molecule has 31 heavy (non-hydrogen) atoms. The van der Waals surface area contributed by atoms with Crippen LogP contribution >= 0.6 is 11.8 Å². The zero-order valence-electron chi connectivity index (χ0n) is 18.1. The summed E-state index contributed by atoms with van der Waals surface area (Å²) in [5, 5.41) is 15.0. The standard InChI is InChI=1S/C23H31N3O4S/c1-22-10-11-23(31-22)17(16(22)19(28)24-2)21(30)26(12-6-7-13-27)18(23)20(29)25-14-15-8-4-3-5-9-15/h3-5,8-9,16-18,27H,6-7,10-14H2,1-2H3,(H,24,28)(H,25,29)/t16-,17-,18?,22+,23?/m0/s1. The van der Waals surface area contributed by atoms with Crippen LogP contribution in [0.4, 0.5) is 0 Å². The summed E-state index contributed by atoms with van der Waals surface area (Å²) in [5.74, 6) is -1.29. The molecule has 5 atom stereocenters. The first kappa shape index (κ1) is 22.1. The molecule has 0 radical (unpaired) electrons. The number of nitrogens with zero attached hydrogens (tertiary/aromatic N) is 1. The van der Waals surface area contributed by atoms with Gasteiger partial charge in [-0.25, -0.2) is 0 Å². The second-order valence-corrected chi connectivity index (χ2v) is 10.9. The highest BCUT2D eigenvalue weighted by molar-refractivity contribution is 8.02. The van der Waals surface area contributed by atoms with Gasteiger partial charge < -0.3 is 20.6 Å². The Balaban J connectivity index is 1.64. The fourth-order valence-electron chi connectivity index (χ4n) is 5.80. The quantitative estimate of drug-likeness (QED) is 0.524. The first-order valence-electron chi connectivity index (χ1n) is 11.0. The molecule has 3 saturated heterocycles. The highest BCUT2D eigenvalue weighted by atomic mass is 32.2. The van der Waals surface area contributed by atoms with Crippen LogP contribution in [0.25, 0.3) is 0 Å². The van der Waals surface area contributed by atoms with E-state index in [4.69, 9.17) is 0 Å². The number of thioether (sulfide) groups is 1. The molecule has 2 unspecified atom stereocenters. The van der Waals surface area contributed by atoms with E-state index in [0.29, 0.717) is 25.9 Å². The minimum atomic E-state index is -0.603. The molecule has 0 aromatic heterocycles. The maximum atomic E-state index is 13.6. The number of hydrogen-bond donors (Lipinski definition) is 3. The average Bonchev–Trinajstić information content (AvgIpc) is 3.33. The number of aliphatic hydroxyl groups is 1. The number of nitrogens with one attached hydrogen (secondary N) is 2. The molecule has 4 rings (SSSR count). The van der Waals surface area contributed by atoms with Crippen molar-refractivity contribution in [3.63, 3.8) is 0 Å². The molecule has 3 aliphatic rings. The summed E-state index contributed by atoms with van der Waals surface area (Å²) < 4.78 is -0.918. The van der Waals surface area contributed by atoms with Gasteiger partial charge in [-0.2, -0.15) is 0 Å². The Bertz CT molecular complexity index is 866. The molecular weight excluding hydrogens is 414 g/mol. The molecule has 8 heteroatoms. The van der Waals surface area contributed by atoms with Crippen LogP contribution in [0, 0.1) is 11.8 Å². The van der Waals surface area contributed by atoms with Gasteiger partial charge in [-0.3, -0.25) is 14.4 Å². The predicted molar refractivity (Wildman–Crippen MR) is 119 cm³/mol. The summed E-state index contributed by atoms with van der Waals surface area (Å²) in [7, 11) is 1.61. The summed E-state index contributed by atoms with van der Waals surface area (Å²) in [6.45, 7) is 2.93. The Morgan fingerprint density at radius 1 is 1.19 bits per heavy atom. The second kappa shape index (κ2) is 8.47. The molecule has 0 saturated carbocycles. The molecule has 3 amide bonds. The monoisotopic (exact) mass is 445 g/mol. The number of unbranched alkanes of at least 4 members (excludes halogenated alkanes) is 1. The van der Waals surface area contributed by atoms with Gasteiger partial charge in [0.1, 0.15) is 6.04 Å². The summed E-state index contributed by atoms with van der Waals surface area (Å²) in [4.78, 5) is 41.6. The predicted octanol–water partition coefficient (Wildman–Crippen LogP) is 1.30. The summed E-state index contributed by atoms with van der Waals surface area (Å²) >= 11 is 1.67. The molecule has 0 aliphatic carbocycles. The van der Waals surface area contributed by atoms with Crippen LogP contribution in [0.5, 0.6) is 0 Å². The van der Waals surface area contributed by atoms with E-state index in [2.05, 4.69) is 17.6 Å². The lowest BCUT2D eigenvalue weighted by atomic mass is 9.66. The summed E-state index contributed by atoms with van der Waals surface area (Å²) in [5.41, 5.74) is 1.000. The van der Waals surface area contributed by atoms with Crippen molar-refractivity contribution in [2.75, 3.05) is 20.2 Å². The number of rotatable bonds is 8. The molecule has 3 fully saturated rings. The normalized spacial score (nSPS) is 33.5. The van der Waals surface area contributed by atoms with Gasteiger partial charge in [-0.1, -0.05) is 30.3 Å². The fourth-order valence-corrected chi connectivity index (χ4v) is 8.16. The van der Waals surface area contributed by atoms with Gasteiger partial charge >= 0.3 is 0 Å². The largest absolute Gasteiger partial charge is 0.396 e. The maximum absolute atomic E-state index is 13.6. The number of likely N-dealkylation sites (tertiary alicyclic amines) is 1. The van der Waals surface area contributed by atoms with Crippen molar-refractivity contribution >= 4 is 29.5 Å². The molecule has 3 aliphatic heterocycles. The van der Waals surface area contributed by atoms with E-state index >= 15 is 0 Å². The number of carbonyl (C=O) groups excluding carboxylic acids is 3. The van der Waals surface area contributed by atoms with Crippen molar-refractivity contribution in [3.05, 3.63) is 35.9 Å². The molecule has 3 N–H and O–H groups in total. The van der Waals surface area contributed by atoms with Gasteiger partial charge in [-0.15, -0.1) is 11.8 Å². The van der Waals surface area contributed by atoms with E-state index in [1.165, 1.54) is 0 Å². The minimum Gasteiger partial charge on any atom is -0.396 e. The lowest BCUT2D eigenvalue weighted by Crippen LogP contribution is -2.53. The third-order valence-corrected chi connectivity index (χ3v) is 9.16. The Morgan fingerprint density at radius 3 is 2.61 bits per heavy atom. The first-order valence-corrected chi connectivity index (χ1v) is 11.8. The van der Waals surface area contributed by atoms with Crippen LogP contribution in [0.2, 0.25) is 0 Å². The third kappa shape index (κ3) is 3.53. The van der Waals surface area contributed by atoms with Crippen molar-refractivity contribution in [3.8, 4) is 0 Å². The fraction of sp³-hybridized carbons (Fsp3) is 0.609. The van der Waals surface area contributed by atoms with Crippen molar-refractivity contribution in [1.29, 1.82) is 0 Å². The van der Waals surface area contributed by atoms with Gasteiger partial charge in [-0.05, 0) is 38.2 Å². The lowest BCUT2D eigenvalue weighted by Gasteiger charge is -2.34. The Kier molecular flexibility index (Phi) is 6.05. The van der Waals surface area contributed by atoms with E-state index in [0.717, 1.165) is 18.4 Å². The van der Waals surface area contributed by atoms with Crippen LogP contribution in [0.1, 0.15) is 38.2 Å². The smallest absolute Gasteiger partial charge is 0.244 e. The number of amides is 3. The highest BCUT2D eigenvalue weighted by Crippen LogP contribution is 2.71. The second-order valence-electron chi connectivity index (χ2n) is 9.01. The number of hydrogen-bond acceptors (Lipinski definition) is 5. The Morgan fingerprint density at radius 2 is 1.94 bits per heavy atom. The van der Waals surface area contributed by atoms with E-state index in [1.807, 2.05) is 30.3 Å². The molecule has 1 aromatic carbocycles. The Labute approximate surface area is 187 Å². The van der Waals surface area contributed by atoms with Crippen molar-refractivity contribution in [2.24, 2.45) is 11.8 Å². The topological polar surface area (TPSA) is 98.7 Å². The summed E-state index contributed by atoms with van der Waals surface area (Å²) in [6.07, 6.45) is 2.76. The van der Waals surface area contributed by atoms with E-state index in [9.17, 15) is 19.5 Å². The molecule has 1 aromatic rings. The van der Waals surface area contributed by atoms with Crippen LogP contribution in [-0.2, 0) is 20.9 Å². The van der Waals surface area contributed by atoms with Gasteiger partial charge in [0, 0.05) is 31.5 Å². The van der Waals surface area contributed by atoms with E-state index in [-0.39, 0.29) is 29.1 Å². The lowest BCUT2D eigenvalue weighted by molar-refractivity contribution is -0.140. The van der Waals surface area contributed by atoms with Gasteiger partial charge in [0.2, 0.25) is 17.7 Å². The zero-order valence-corrected chi connectivity index (χ0v) is 18.9. The molecule has 3 heterocycles. The SMILES string of the molecule is CNC(=O)[C@@H]1[C@H]2C(=O)N(CCCCO)C(C(=O)NCc3ccccc3)C23CC[C@@]1(C)S3. The number of benzene rings is 1. The zero-order chi connectivity index (χ0) is 22.2. The van der Waals surface area contributed by atoms with Crippen molar-refractivity contribution in [1.82, 2.24) is 15.5 Å². The number of aliphatic hydroxyl groups excluding tert-OH is 1. The van der Waals surface area contributed by atoms with Crippen molar-refractivity contribution in [2.45, 2.75) is 54.7 Å². The molecule has 7 nitrogen and oxygen atoms in total. The maximum Gasteiger partial charge on any atom is 0.244 e. The average molecular weight is 446 g/mol. The van der Waals surface area contributed by atoms with Crippen LogP contribution in [0.3, 0.4) is 0 Å². The van der Waals surface area contributed by atoms with E-state index in [1.54, 1.807) is 23.7 Å². The van der Waals surface area contributed by atoms with Crippen LogP contribution < -0.4 is 10.6 Å². The number of fused-ring (bicyclic) bond motifs is 1. The summed E-state index contributed by atoms with van der Waals surface area (Å²) in [6, 6.07) is 9.10. The highest BCUT2D eigenvalue weighted by Gasteiger charge is 2.76. The van der Waals surface area contributed by atoms with Gasteiger partial charge in [0.25, 0.3) is 0 Å². The Hall–Kier alpha value is -2.06. The molecular formula is C23H31N3O4S. The third-order valence-electron chi connectivity index (χ3n) is 7.17. The van der Waals surface area contributed by atoms with Crippen LogP contribution in [0.15, 0.2) is 30.3 Å². The minimum absolute atomic E-state index is 0.0508. The number of carbonyl (C=O) groups is 3. The molecule has 168 valence electrons.